The Morgan fingerprint density at radius 1 is 1.05 bits per heavy atom. The Hall–Kier alpha value is -2.76. The van der Waals surface area contributed by atoms with Gasteiger partial charge in [-0.15, -0.1) is 0 Å². The number of rotatable bonds is 3. The zero-order chi connectivity index (χ0) is 15.4. The molecule has 6 heteroatoms. The molecular formula is C15H11F2NO3. The molecule has 0 atom stereocenters. The van der Waals surface area contributed by atoms with E-state index in [1.54, 1.807) is 0 Å². The highest BCUT2D eigenvalue weighted by Gasteiger charge is 2.15. The minimum absolute atomic E-state index is 0.0129. The van der Waals surface area contributed by atoms with Crippen molar-refractivity contribution < 1.29 is 23.1 Å². The number of carbonyl (C=O) groups is 2. The van der Waals surface area contributed by atoms with Crippen molar-refractivity contribution in [2.45, 2.75) is 0 Å². The van der Waals surface area contributed by atoms with E-state index in [1.807, 2.05) is 0 Å². The van der Waals surface area contributed by atoms with Crippen LogP contribution in [0.3, 0.4) is 0 Å². The van der Waals surface area contributed by atoms with Gasteiger partial charge >= 0.3 is 5.97 Å². The van der Waals surface area contributed by atoms with E-state index < -0.39 is 23.5 Å². The van der Waals surface area contributed by atoms with Crippen LogP contribution >= 0.6 is 0 Å². The molecule has 0 saturated heterocycles. The minimum atomic E-state index is -0.817. The molecule has 1 N–H and O–H groups in total. The van der Waals surface area contributed by atoms with Gasteiger partial charge in [0.25, 0.3) is 5.91 Å². The summed E-state index contributed by atoms with van der Waals surface area (Å²) in [6.07, 6.45) is 0. The molecule has 4 nitrogen and oxygen atoms in total. The summed E-state index contributed by atoms with van der Waals surface area (Å²) in [5.41, 5.74) is -0.344. The normalized spacial score (nSPS) is 10.0. The van der Waals surface area contributed by atoms with Crippen molar-refractivity contribution in [2.24, 2.45) is 0 Å². The van der Waals surface area contributed by atoms with Crippen molar-refractivity contribution in [1.82, 2.24) is 0 Å². The van der Waals surface area contributed by atoms with Crippen LogP contribution in [0.2, 0.25) is 0 Å². The van der Waals surface area contributed by atoms with Gasteiger partial charge in [-0.05, 0) is 30.3 Å². The maximum atomic E-state index is 13.8. The molecule has 0 aliphatic rings. The molecule has 0 heterocycles. The summed E-state index contributed by atoms with van der Waals surface area (Å²) in [5.74, 6) is -3.00. The lowest BCUT2D eigenvalue weighted by Crippen LogP contribution is -2.15. The lowest BCUT2D eigenvalue weighted by atomic mass is 10.1. The number of nitrogens with one attached hydrogen (secondary N) is 1. The predicted octanol–water partition coefficient (Wildman–Crippen LogP) is 3.00. The first kappa shape index (κ1) is 14.6. The van der Waals surface area contributed by atoms with Crippen LogP contribution < -0.4 is 5.32 Å². The third-order valence-electron chi connectivity index (χ3n) is 2.76. The van der Waals surface area contributed by atoms with E-state index in [0.717, 1.165) is 12.1 Å². The predicted molar refractivity (Wildman–Crippen MR) is 72.1 cm³/mol. The van der Waals surface area contributed by atoms with E-state index in [4.69, 9.17) is 0 Å². The smallest absolute Gasteiger partial charge is 0.337 e. The number of amides is 1. The molecule has 2 rings (SSSR count). The van der Waals surface area contributed by atoms with Crippen molar-refractivity contribution >= 4 is 17.6 Å². The highest BCUT2D eigenvalue weighted by Crippen LogP contribution is 2.18. The molecule has 1 amide bonds. The largest absolute Gasteiger partial charge is 0.465 e. The van der Waals surface area contributed by atoms with Crippen LogP contribution in [0.1, 0.15) is 20.7 Å². The Kier molecular flexibility index (Phi) is 4.27. The first-order chi connectivity index (χ1) is 10.0. The van der Waals surface area contributed by atoms with E-state index in [1.165, 1.54) is 37.4 Å². The average Bonchev–Trinajstić information content (AvgIpc) is 2.48. The molecule has 2 aromatic carbocycles. The van der Waals surface area contributed by atoms with Gasteiger partial charge in [0.1, 0.15) is 11.6 Å². The summed E-state index contributed by atoms with van der Waals surface area (Å²) in [6, 6.07) is 8.79. The van der Waals surface area contributed by atoms with Crippen LogP contribution in [0.4, 0.5) is 14.5 Å². The third kappa shape index (κ3) is 3.22. The Balaban J connectivity index is 2.22. The summed E-state index contributed by atoms with van der Waals surface area (Å²) in [5, 5.41) is 2.25. The summed E-state index contributed by atoms with van der Waals surface area (Å²) < 4.78 is 31.7. The van der Waals surface area contributed by atoms with Crippen LogP contribution in [-0.2, 0) is 4.74 Å². The monoisotopic (exact) mass is 291 g/mol. The van der Waals surface area contributed by atoms with Gasteiger partial charge in [0.05, 0.1) is 23.9 Å². The van der Waals surface area contributed by atoms with E-state index in [2.05, 4.69) is 10.1 Å². The molecule has 2 aromatic rings. The number of esters is 1. The quantitative estimate of drug-likeness (QED) is 0.884. The fraction of sp³-hybridized carbons (Fsp3) is 0.0667. The van der Waals surface area contributed by atoms with Crippen LogP contribution in [0.15, 0.2) is 42.5 Å². The molecule has 21 heavy (non-hydrogen) atoms. The maximum Gasteiger partial charge on any atom is 0.337 e. The van der Waals surface area contributed by atoms with Crippen LogP contribution in [0, 0.1) is 11.6 Å². The highest BCUT2D eigenvalue weighted by molar-refractivity contribution is 6.04. The summed E-state index contributed by atoms with van der Waals surface area (Å²) in [7, 11) is 1.17. The van der Waals surface area contributed by atoms with Crippen molar-refractivity contribution in [3.63, 3.8) is 0 Å². The minimum Gasteiger partial charge on any atom is -0.465 e. The summed E-state index contributed by atoms with van der Waals surface area (Å²) in [4.78, 5) is 23.1. The van der Waals surface area contributed by atoms with Crippen LogP contribution in [0.25, 0.3) is 0 Å². The Morgan fingerprint density at radius 3 is 2.38 bits per heavy atom. The van der Waals surface area contributed by atoms with E-state index >= 15 is 0 Å². The first-order valence-corrected chi connectivity index (χ1v) is 5.96. The Bertz CT molecular complexity index is 701. The Labute approximate surface area is 119 Å². The number of halogens is 2. The van der Waals surface area contributed by atoms with Gasteiger partial charge in [-0.2, -0.15) is 0 Å². The molecule has 0 bridgehead atoms. The van der Waals surface area contributed by atoms with E-state index in [9.17, 15) is 18.4 Å². The molecule has 0 aliphatic heterocycles. The summed E-state index contributed by atoms with van der Waals surface area (Å²) in [6.45, 7) is 0. The second-order valence-corrected chi connectivity index (χ2v) is 4.12. The topological polar surface area (TPSA) is 55.4 Å². The third-order valence-corrected chi connectivity index (χ3v) is 2.76. The van der Waals surface area contributed by atoms with Gasteiger partial charge in [-0.1, -0.05) is 12.1 Å². The maximum absolute atomic E-state index is 13.8. The van der Waals surface area contributed by atoms with Crippen LogP contribution in [0.5, 0.6) is 0 Å². The van der Waals surface area contributed by atoms with Crippen molar-refractivity contribution in [3.05, 3.63) is 65.2 Å². The molecule has 0 unspecified atom stereocenters. The SMILES string of the molecule is COC(=O)c1ccc(NC(=O)c2ccccc2F)c(F)c1. The molecule has 108 valence electrons. The van der Waals surface area contributed by atoms with Gasteiger partial charge in [0, 0.05) is 0 Å². The molecule has 0 spiro atoms. The van der Waals surface area contributed by atoms with Crippen molar-refractivity contribution in [2.75, 3.05) is 12.4 Å². The van der Waals surface area contributed by atoms with E-state index in [0.29, 0.717) is 0 Å². The van der Waals surface area contributed by atoms with Gasteiger partial charge in [0.2, 0.25) is 0 Å². The zero-order valence-electron chi connectivity index (χ0n) is 11.0. The summed E-state index contributed by atoms with van der Waals surface area (Å²) >= 11 is 0. The van der Waals surface area contributed by atoms with E-state index in [-0.39, 0.29) is 16.8 Å². The van der Waals surface area contributed by atoms with Gasteiger partial charge in [0.15, 0.2) is 0 Å². The fourth-order valence-electron chi connectivity index (χ4n) is 1.70. The molecule has 0 aromatic heterocycles. The van der Waals surface area contributed by atoms with Crippen LogP contribution in [-0.4, -0.2) is 19.0 Å². The van der Waals surface area contributed by atoms with Gasteiger partial charge in [-0.3, -0.25) is 4.79 Å². The second-order valence-electron chi connectivity index (χ2n) is 4.12. The highest BCUT2D eigenvalue weighted by atomic mass is 19.1. The number of ether oxygens (including phenoxy) is 1. The lowest BCUT2D eigenvalue weighted by Gasteiger charge is -2.08. The Morgan fingerprint density at radius 2 is 1.76 bits per heavy atom. The van der Waals surface area contributed by atoms with Crippen molar-refractivity contribution in [3.8, 4) is 0 Å². The number of hydrogen-bond donors (Lipinski definition) is 1. The van der Waals surface area contributed by atoms with Gasteiger partial charge in [-0.25, -0.2) is 13.6 Å². The molecule has 0 radical (unpaired) electrons. The number of carbonyl (C=O) groups excluding carboxylic acids is 2. The van der Waals surface area contributed by atoms with Gasteiger partial charge < -0.3 is 10.1 Å². The standard InChI is InChI=1S/C15H11F2NO3/c1-21-15(20)9-6-7-13(12(17)8-9)18-14(19)10-4-2-3-5-11(10)16/h2-8H,1H3,(H,18,19). The number of anilines is 1. The first-order valence-electron chi connectivity index (χ1n) is 5.96. The molecular weight excluding hydrogens is 280 g/mol. The lowest BCUT2D eigenvalue weighted by molar-refractivity contribution is 0.0600. The average molecular weight is 291 g/mol. The van der Waals surface area contributed by atoms with Crippen molar-refractivity contribution in [1.29, 1.82) is 0 Å². The number of benzene rings is 2. The number of methoxy groups -OCH3 is 1. The number of hydrogen-bond acceptors (Lipinski definition) is 3. The molecule has 0 saturated carbocycles. The zero-order valence-corrected chi connectivity index (χ0v) is 11.0. The fourth-order valence-corrected chi connectivity index (χ4v) is 1.70. The second kappa shape index (κ2) is 6.13. The molecule has 0 aliphatic carbocycles. The molecule has 0 fully saturated rings.